The van der Waals surface area contributed by atoms with Gasteiger partial charge in [-0.05, 0) is 69.0 Å². The molecule has 1 spiro atoms. The summed E-state index contributed by atoms with van der Waals surface area (Å²) >= 11 is 6.33. The molecule has 214 valence electrons. The van der Waals surface area contributed by atoms with Gasteiger partial charge in [-0.25, -0.2) is 0 Å². The van der Waals surface area contributed by atoms with E-state index in [2.05, 4.69) is 10.6 Å². The van der Waals surface area contributed by atoms with E-state index in [0.29, 0.717) is 41.6 Å². The molecule has 2 unspecified atom stereocenters. The molecule has 3 heterocycles. The van der Waals surface area contributed by atoms with Crippen LogP contribution in [0.2, 0.25) is 5.02 Å². The molecule has 3 aliphatic heterocycles. The van der Waals surface area contributed by atoms with E-state index in [0.717, 1.165) is 0 Å². The first kappa shape index (κ1) is 28.4. The molecule has 40 heavy (non-hydrogen) atoms. The van der Waals surface area contributed by atoms with E-state index in [9.17, 15) is 19.5 Å². The second-order valence-electron chi connectivity index (χ2n) is 11.4. The van der Waals surface area contributed by atoms with Crippen LogP contribution in [0.25, 0.3) is 0 Å². The minimum Gasteiger partial charge on any atom is -0.494 e. The number of likely N-dealkylation sites (tertiary alicyclic amines) is 1. The normalized spacial score (nSPS) is 29.4. The van der Waals surface area contributed by atoms with Crippen LogP contribution in [-0.2, 0) is 19.1 Å². The van der Waals surface area contributed by atoms with Crippen molar-refractivity contribution in [2.24, 2.45) is 17.8 Å². The van der Waals surface area contributed by atoms with Gasteiger partial charge in [0.2, 0.25) is 17.7 Å². The Morgan fingerprint density at radius 3 is 2.45 bits per heavy atom. The monoisotopic (exact) mass is 569 g/mol. The van der Waals surface area contributed by atoms with Crippen molar-refractivity contribution < 1.29 is 29.0 Å². The summed E-state index contributed by atoms with van der Waals surface area (Å²) in [4.78, 5) is 43.6. The average Bonchev–Trinajstić information content (AvgIpc) is 3.48. The number of carbonyl (C=O) groups excluding carboxylic acids is 3. The number of carbonyl (C=O) groups is 3. The maximum absolute atomic E-state index is 14.3. The molecule has 0 radical (unpaired) electrons. The number of fused-ring (bicyclic) bond motifs is 1. The Bertz CT molecular complexity index is 1300. The van der Waals surface area contributed by atoms with E-state index in [4.69, 9.17) is 21.1 Å². The first-order chi connectivity index (χ1) is 19.1. The van der Waals surface area contributed by atoms with Crippen molar-refractivity contribution in [1.82, 2.24) is 4.90 Å². The number of benzene rings is 2. The maximum atomic E-state index is 14.3. The molecule has 10 heteroatoms. The van der Waals surface area contributed by atoms with Gasteiger partial charge in [0, 0.05) is 5.69 Å². The van der Waals surface area contributed by atoms with Crippen molar-refractivity contribution in [3.05, 3.63) is 53.6 Å². The fraction of sp³-hybridized carbons (Fsp3) is 0.500. The van der Waals surface area contributed by atoms with Gasteiger partial charge in [-0.2, -0.15) is 0 Å². The van der Waals surface area contributed by atoms with Gasteiger partial charge in [-0.3, -0.25) is 14.4 Å². The van der Waals surface area contributed by atoms with E-state index < -0.39 is 41.0 Å². The van der Waals surface area contributed by atoms with Crippen LogP contribution in [0.3, 0.4) is 0 Å². The lowest BCUT2D eigenvalue weighted by molar-refractivity contribution is -0.148. The van der Waals surface area contributed by atoms with Crippen LogP contribution in [-0.4, -0.2) is 64.2 Å². The van der Waals surface area contributed by atoms with Crippen molar-refractivity contribution in [2.45, 2.75) is 63.8 Å². The Labute approximate surface area is 239 Å². The number of hydrogen-bond donors (Lipinski definition) is 3. The Morgan fingerprint density at radius 1 is 1.12 bits per heavy atom. The first-order valence-electron chi connectivity index (χ1n) is 13.8. The van der Waals surface area contributed by atoms with Gasteiger partial charge in [0.05, 0.1) is 47.4 Å². The third-order valence-electron chi connectivity index (χ3n) is 8.62. The summed E-state index contributed by atoms with van der Waals surface area (Å²) in [5.41, 5.74) is -1.17. The molecule has 0 saturated carbocycles. The van der Waals surface area contributed by atoms with Crippen LogP contribution in [0, 0.1) is 17.8 Å². The number of nitrogens with zero attached hydrogens (tertiary/aromatic N) is 1. The molecular weight excluding hydrogens is 534 g/mol. The molecule has 6 atom stereocenters. The fourth-order valence-electron chi connectivity index (χ4n) is 6.83. The lowest BCUT2D eigenvalue weighted by Gasteiger charge is -2.38. The van der Waals surface area contributed by atoms with E-state index in [1.807, 2.05) is 27.7 Å². The highest BCUT2D eigenvalue weighted by Crippen LogP contribution is 2.63. The van der Waals surface area contributed by atoms with Crippen molar-refractivity contribution >= 4 is 40.7 Å². The second kappa shape index (κ2) is 10.7. The van der Waals surface area contributed by atoms with E-state index in [-0.39, 0.29) is 24.3 Å². The summed E-state index contributed by atoms with van der Waals surface area (Å²) in [6.45, 7) is 7.71. The molecule has 5 rings (SSSR count). The maximum Gasteiger partial charge on any atom is 0.250 e. The Morgan fingerprint density at radius 2 is 1.82 bits per heavy atom. The van der Waals surface area contributed by atoms with Crippen molar-refractivity contribution in [3.63, 3.8) is 0 Å². The molecule has 3 saturated heterocycles. The highest BCUT2D eigenvalue weighted by molar-refractivity contribution is 6.33. The second-order valence-corrected chi connectivity index (χ2v) is 11.8. The molecule has 3 fully saturated rings. The van der Waals surface area contributed by atoms with Gasteiger partial charge in [0.15, 0.2) is 0 Å². The molecule has 3 aliphatic rings. The van der Waals surface area contributed by atoms with Gasteiger partial charge in [0.1, 0.15) is 17.4 Å². The van der Waals surface area contributed by atoms with Crippen LogP contribution in [0.5, 0.6) is 5.75 Å². The number of hydrogen-bond acceptors (Lipinski definition) is 6. The average molecular weight is 570 g/mol. The topological polar surface area (TPSA) is 117 Å². The summed E-state index contributed by atoms with van der Waals surface area (Å²) < 4.78 is 12.1. The molecular formula is C30H36ClN3O6. The van der Waals surface area contributed by atoms with Gasteiger partial charge in [-0.1, -0.05) is 37.6 Å². The molecule has 2 aromatic rings. The number of rotatable bonds is 9. The minimum absolute atomic E-state index is 0.149. The molecule has 0 aliphatic carbocycles. The zero-order chi connectivity index (χ0) is 28.8. The SMILES string of the molecule is CCOc1ccc(NC(=O)[C@@H]2[C@H]3C(=O)N([C@@H](CO)C(C)C)C(C(=O)Nc4ccccc4Cl)C34CC[C@@]2(C)O4)cc1. The van der Waals surface area contributed by atoms with Gasteiger partial charge >= 0.3 is 0 Å². The van der Waals surface area contributed by atoms with Crippen LogP contribution in [0.1, 0.15) is 40.5 Å². The summed E-state index contributed by atoms with van der Waals surface area (Å²) in [6, 6.07) is 12.2. The molecule has 2 bridgehead atoms. The fourth-order valence-corrected chi connectivity index (χ4v) is 7.01. The number of anilines is 2. The van der Waals surface area contributed by atoms with Crippen LogP contribution in [0.15, 0.2) is 48.5 Å². The summed E-state index contributed by atoms with van der Waals surface area (Å²) in [6.07, 6.45) is 0.938. The molecule has 9 nitrogen and oxygen atoms in total. The highest BCUT2D eigenvalue weighted by Gasteiger charge is 2.78. The van der Waals surface area contributed by atoms with Gasteiger partial charge < -0.3 is 30.1 Å². The summed E-state index contributed by atoms with van der Waals surface area (Å²) in [7, 11) is 0. The lowest BCUT2D eigenvalue weighted by atomic mass is 9.66. The third kappa shape index (κ3) is 4.54. The van der Waals surface area contributed by atoms with Crippen LogP contribution < -0.4 is 15.4 Å². The summed E-state index contributed by atoms with van der Waals surface area (Å²) in [5.74, 6) is -2.33. The quantitative estimate of drug-likeness (QED) is 0.419. The molecule has 3 amide bonds. The number of para-hydroxylation sites is 1. The van der Waals surface area contributed by atoms with Crippen molar-refractivity contribution in [1.29, 1.82) is 0 Å². The Balaban J connectivity index is 1.51. The summed E-state index contributed by atoms with van der Waals surface area (Å²) in [5, 5.41) is 16.5. The number of amides is 3. The zero-order valence-corrected chi connectivity index (χ0v) is 23.9. The van der Waals surface area contributed by atoms with Crippen LogP contribution in [0.4, 0.5) is 11.4 Å². The van der Waals surface area contributed by atoms with E-state index in [1.165, 1.54) is 4.90 Å². The number of aliphatic hydroxyl groups is 1. The smallest absolute Gasteiger partial charge is 0.250 e. The minimum atomic E-state index is -1.22. The standard InChI is InChI=1S/C30H36ClN3O6/c1-5-39-19-12-10-18(11-13-19)32-26(36)23-24-28(38)34(22(16-35)17(2)3)25(30(24)15-14-29(23,4)40-30)27(37)33-21-9-7-6-8-20(21)31/h6-13,17,22-25,35H,5,14-16H2,1-4H3,(H,32,36)(H,33,37)/t22-,23-,24-,25?,29+,30?/m0/s1. The predicted molar refractivity (Wildman–Crippen MR) is 151 cm³/mol. The number of aliphatic hydroxyl groups excluding tert-OH is 1. The van der Waals surface area contributed by atoms with Crippen molar-refractivity contribution in [3.8, 4) is 5.75 Å². The van der Waals surface area contributed by atoms with Crippen molar-refractivity contribution in [2.75, 3.05) is 23.8 Å². The first-order valence-corrected chi connectivity index (χ1v) is 14.2. The van der Waals surface area contributed by atoms with E-state index >= 15 is 0 Å². The predicted octanol–water partition coefficient (Wildman–Crippen LogP) is 4.10. The zero-order valence-electron chi connectivity index (χ0n) is 23.1. The number of nitrogens with one attached hydrogen (secondary N) is 2. The largest absolute Gasteiger partial charge is 0.494 e. The highest BCUT2D eigenvalue weighted by atomic mass is 35.5. The van der Waals surface area contributed by atoms with E-state index in [1.54, 1.807) is 48.5 Å². The molecule has 2 aromatic carbocycles. The third-order valence-corrected chi connectivity index (χ3v) is 8.95. The van der Waals surface area contributed by atoms with Gasteiger partial charge in [0.25, 0.3) is 0 Å². The Hall–Kier alpha value is -3.14. The molecule has 3 N–H and O–H groups in total. The number of halogens is 1. The molecule has 0 aromatic heterocycles. The van der Waals surface area contributed by atoms with Gasteiger partial charge in [-0.15, -0.1) is 0 Å². The lowest BCUT2D eigenvalue weighted by Crippen LogP contribution is -2.57. The van der Waals surface area contributed by atoms with Crippen LogP contribution >= 0.6 is 11.6 Å². The Kier molecular flexibility index (Phi) is 7.58. The number of ether oxygens (including phenoxy) is 2.